The standard InChI is InChI=1S/C8H11.C5H5.Ni/c1-6-4-5-7(2)8(6)3;1-2-4-5-3-1;/h4-5H,1-3H3;1-5H;/q2*-1;+2. The molecule has 0 nitrogen and oxygen atoms in total. The van der Waals surface area contributed by atoms with Crippen LogP contribution in [0.4, 0.5) is 0 Å². The molecule has 0 heterocycles. The van der Waals surface area contributed by atoms with Crippen molar-refractivity contribution in [1.29, 1.82) is 0 Å². The Morgan fingerprint density at radius 3 is 1.86 bits per heavy atom. The normalized spacial score (nSPS) is 8.50. The van der Waals surface area contributed by atoms with E-state index in [0.717, 1.165) is 0 Å². The Morgan fingerprint density at radius 1 is 1.14 bits per heavy atom. The number of aryl methyl sites for hydroxylation is 2. The van der Waals surface area contributed by atoms with Crippen LogP contribution in [0.2, 0.25) is 0 Å². The molecule has 14 heavy (non-hydrogen) atoms. The van der Waals surface area contributed by atoms with Gasteiger partial charge in [-0.25, -0.2) is 18.2 Å². The van der Waals surface area contributed by atoms with E-state index in [-0.39, 0.29) is 16.5 Å². The molecule has 78 valence electrons. The molecule has 2 aromatic carbocycles. The summed E-state index contributed by atoms with van der Waals surface area (Å²) in [4.78, 5) is 0. The Kier molecular flexibility index (Phi) is 6.24. The van der Waals surface area contributed by atoms with E-state index in [1.165, 1.54) is 16.7 Å². The van der Waals surface area contributed by atoms with Crippen LogP contribution >= 0.6 is 0 Å². The SMILES string of the molecule is Cc1cc[c-](C)c1C.[Ni+2].c1cc[cH-]c1. The van der Waals surface area contributed by atoms with Gasteiger partial charge in [-0.05, 0) is 0 Å². The number of hydrogen-bond acceptors (Lipinski definition) is 0. The van der Waals surface area contributed by atoms with Crippen molar-refractivity contribution in [2.24, 2.45) is 0 Å². The molecule has 0 spiro atoms. The molecule has 0 aliphatic carbocycles. The van der Waals surface area contributed by atoms with Gasteiger partial charge in [0.05, 0.1) is 0 Å². The van der Waals surface area contributed by atoms with Crippen LogP contribution in [0.25, 0.3) is 0 Å². The third-order valence-electron chi connectivity index (χ3n) is 2.32. The third kappa shape index (κ3) is 3.93. The molecule has 0 amide bonds. The Hall–Kier alpha value is -0.806. The fourth-order valence-corrected chi connectivity index (χ4v) is 1.13. The van der Waals surface area contributed by atoms with Crippen LogP contribution in [0.1, 0.15) is 16.7 Å². The summed E-state index contributed by atoms with van der Waals surface area (Å²) >= 11 is 0. The molecule has 0 saturated heterocycles. The van der Waals surface area contributed by atoms with Gasteiger partial charge in [0.1, 0.15) is 0 Å². The fourth-order valence-electron chi connectivity index (χ4n) is 1.13. The van der Waals surface area contributed by atoms with Gasteiger partial charge in [0, 0.05) is 0 Å². The van der Waals surface area contributed by atoms with Gasteiger partial charge < -0.3 is 0 Å². The van der Waals surface area contributed by atoms with Gasteiger partial charge in [-0.15, -0.1) is 0 Å². The van der Waals surface area contributed by atoms with Crippen molar-refractivity contribution in [1.82, 2.24) is 0 Å². The zero-order chi connectivity index (χ0) is 9.68. The molecular formula is C13H16Ni. The molecule has 2 rings (SSSR count). The van der Waals surface area contributed by atoms with Crippen LogP contribution in [0.3, 0.4) is 0 Å². The Bertz CT molecular complexity index is 291. The minimum atomic E-state index is 0. The van der Waals surface area contributed by atoms with E-state index in [9.17, 15) is 0 Å². The molecule has 0 unspecified atom stereocenters. The molecule has 0 aromatic heterocycles. The van der Waals surface area contributed by atoms with Crippen molar-refractivity contribution in [3.8, 4) is 0 Å². The van der Waals surface area contributed by atoms with Crippen molar-refractivity contribution in [2.45, 2.75) is 20.8 Å². The van der Waals surface area contributed by atoms with Gasteiger partial charge in [-0.3, -0.25) is 0 Å². The second-order valence-corrected chi connectivity index (χ2v) is 3.29. The van der Waals surface area contributed by atoms with Crippen LogP contribution in [0, 0.1) is 20.8 Å². The predicted octanol–water partition coefficient (Wildman–Crippen LogP) is 3.73. The first-order valence-electron chi connectivity index (χ1n) is 4.58. The zero-order valence-corrected chi connectivity index (χ0v) is 9.85. The van der Waals surface area contributed by atoms with E-state index >= 15 is 0 Å². The van der Waals surface area contributed by atoms with Gasteiger partial charge in [0.2, 0.25) is 0 Å². The summed E-state index contributed by atoms with van der Waals surface area (Å²) in [6.45, 7) is 6.44. The summed E-state index contributed by atoms with van der Waals surface area (Å²) in [5, 5.41) is 0. The third-order valence-corrected chi connectivity index (χ3v) is 2.32. The summed E-state index contributed by atoms with van der Waals surface area (Å²) in [6.07, 6.45) is 0. The van der Waals surface area contributed by atoms with Gasteiger partial charge in [-0.1, -0.05) is 20.8 Å². The van der Waals surface area contributed by atoms with Gasteiger partial charge in [-0.2, -0.15) is 41.0 Å². The maximum atomic E-state index is 2.16. The summed E-state index contributed by atoms with van der Waals surface area (Å²) in [7, 11) is 0. The minimum absolute atomic E-state index is 0. The summed E-state index contributed by atoms with van der Waals surface area (Å²) < 4.78 is 0. The summed E-state index contributed by atoms with van der Waals surface area (Å²) in [6, 6.07) is 14.3. The van der Waals surface area contributed by atoms with E-state index in [1.807, 2.05) is 30.3 Å². The maximum Gasteiger partial charge on any atom is 2.00 e. The van der Waals surface area contributed by atoms with Gasteiger partial charge in [0.15, 0.2) is 0 Å². The van der Waals surface area contributed by atoms with Crippen LogP contribution in [-0.2, 0) is 16.5 Å². The van der Waals surface area contributed by atoms with Crippen molar-refractivity contribution >= 4 is 0 Å². The number of rotatable bonds is 0. The first-order valence-corrected chi connectivity index (χ1v) is 4.58. The van der Waals surface area contributed by atoms with Crippen LogP contribution in [0.15, 0.2) is 42.5 Å². The molecule has 0 fully saturated rings. The van der Waals surface area contributed by atoms with Crippen LogP contribution in [0.5, 0.6) is 0 Å². The molecule has 0 atom stereocenters. The Balaban J connectivity index is 0.000000246. The topological polar surface area (TPSA) is 0 Å². The first-order chi connectivity index (χ1) is 6.22. The first kappa shape index (κ1) is 13.2. The van der Waals surface area contributed by atoms with Crippen molar-refractivity contribution in [3.05, 3.63) is 59.2 Å². The predicted molar refractivity (Wildman–Crippen MR) is 58.3 cm³/mol. The average Bonchev–Trinajstić information content (AvgIpc) is 2.75. The Labute approximate surface area is 96.6 Å². The monoisotopic (exact) mass is 230 g/mol. The molecule has 0 radical (unpaired) electrons. The maximum absolute atomic E-state index is 2.16. The second kappa shape index (κ2) is 6.62. The molecule has 2 aromatic rings. The smallest absolute Gasteiger partial charge is 0.214 e. The van der Waals surface area contributed by atoms with Crippen LogP contribution < -0.4 is 0 Å². The summed E-state index contributed by atoms with van der Waals surface area (Å²) in [5.41, 5.74) is 4.25. The van der Waals surface area contributed by atoms with Gasteiger partial charge in [0.25, 0.3) is 0 Å². The second-order valence-electron chi connectivity index (χ2n) is 3.29. The quantitative estimate of drug-likeness (QED) is 0.478. The minimum Gasteiger partial charge on any atom is -0.214 e. The molecule has 0 N–H and O–H groups in total. The van der Waals surface area contributed by atoms with E-state index in [1.54, 1.807) is 0 Å². The molecule has 0 saturated carbocycles. The van der Waals surface area contributed by atoms with E-state index in [0.29, 0.717) is 0 Å². The zero-order valence-electron chi connectivity index (χ0n) is 8.86. The van der Waals surface area contributed by atoms with Crippen molar-refractivity contribution in [3.63, 3.8) is 0 Å². The molecular weight excluding hydrogens is 215 g/mol. The molecule has 0 aliphatic rings. The molecule has 0 bridgehead atoms. The van der Waals surface area contributed by atoms with Crippen molar-refractivity contribution in [2.75, 3.05) is 0 Å². The largest absolute Gasteiger partial charge is 2.00 e. The molecule has 1 heteroatoms. The van der Waals surface area contributed by atoms with E-state index in [2.05, 4.69) is 32.9 Å². The fraction of sp³-hybridized carbons (Fsp3) is 0.231. The summed E-state index contributed by atoms with van der Waals surface area (Å²) in [5.74, 6) is 0. The number of hydrogen-bond donors (Lipinski definition) is 0. The van der Waals surface area contributed by atoms with E-state index in [4.69, 9.17) is 0 Å². The van der Waals surface area contributed by atoms with Gasteiger partial charge >= 0.3 is 16.5 Å². The van der Waals surface area contributed by atoms with Crippen LogP contribution in [-0.4, -0.2) is 0 Å². The molecule has 0 aliphatic heterocycles. The van der Waals surface area contributed by atoms with Crippen molar-refractivity contribution < 1.29 is 16.5 Å². The Morgan fingerprint density at radius 2 is 1.71 bits per heavy atom. The average molecular weight is 231 g/mol. The van der Waals surface area contributed by atoms with E-state index < -0.39 is 0 Å².